The molecule has 0 amide bonds. The molecule has 3 unspecified atom stereocenters. The lowest BCUT2D eigenvalue weighted by Crippen LogP contribution is -2.25. The largest absolute Gasteiger partial charge is 0.270 e. The number of hydrogen-bond donors (Lipinski definition) is 0. The van der Waals surface area contributed by atoms with Crippen LogP contribution in [0.4, 0.5) is 0 Å². The van der Waals surface area contributed by atoms with Crippen molar-refractivity contribution in [2.45, 2.75) is 44.0 Å². The summed E-state index contributed by atoms with van der Waals surface area (Å²) in [5.41, 5.74) is 0. The van der Waals surface area contributed by atoms with E-state index in [1.807, 2.05) is 0 Å². The van der Waals surface area contributed by atoms with Crippen LogP contribution >= 0.6 is 0 Å². The highest BCUT2D eigenvalue weighted by Gasteiger charge is 2.46. The van der Waals surface area contributed by atoms with Gasteiger partial charge in [0.2, 0.25) is 0 Å². The quantitative estimate of drug-likeness (QED) is 0.541. The lowest BCUT2D eigenvalue weighted by molar-refractivity contribution is 0.138. The van der Waals surface area contributed by atoms with Crippen LogP contribution in [0.2, 0.25) is 0 Å². The van der Waals surface area contributed by atoms with Gasteiger partial charge >= 0.3 is 0 Å². The van der Waals surface area contributed by atoms with E-state index in [2.05, 4.69) is 0 Å². The van der Waals surface area contributed by atoms with Crippen molar-refractivity contribution < 1.29 is 12.6 Å². The molecule has 12 heavy (non-hydrogen) atoms. The highest BCUT2D eigenvalue weighted by atomic mass is 32.2. The van der Waals surface area contributed by atoms with Gasteiger partial charge in [-0.15, -0.1) is 0 Å². The summed E-state index contributed by atoms with van der Waals surface area (Å²) in [5, 5.41) is -0.275. The molecule has 2 aliphatic rings. The summed E-state index contributed by atoms with van der Waals surface area (Å²) in [6, 6.07) is 0. The van der Waals surface area contributed by atoms with Gasteiger partial charge in [0.15, 0.2) is 0 Å². The lowest BCUT2D eigenvalue weighted by Gasteiger charge is -2.23. The van der Waals surface area contributed by atoms with E-state index in [-0.39, 0.29) is 17.3 Å². The van der Waals surface area contributed by atoms with Gasteiger partial charge in [-0.2, -0.15) is 8.42 Å². The molecule has 1 aliphatic carbocycles. The molecular weight excluding hydrogens is 176 g/mol. The van der Waals surface area contributed by atoms with Crippen LogP contribution in [-0.2, 0) is 14.3 Å². The molecule has 0 N–H and O–H groups in total. The monoisotopic (exact) mass is 190 g/mol. The molecule has 1 aliphatic heterocycles. The van der Waals surface area contributed by atoms with E-state index in [0.717, 1.165) is 25.7 Å². The average molecular weight is 190 g/mol. The van der Waals surface area contributed by atoms with Crippen molar-refractivity contribution in [2.75, 3.05) is 0 Å². The van der Waals surface area contributed by atoms with Crippen molar-refractivity contribution in [1.29, 1.82) is 0 Å². The predicted octanol–water partition coefficient (Wildman–Crippen LogP) is 1.29. The van der Waals surface area contributed by atoms with Gasteiger partial charge < -0.3 is 0 Å². The Bertz CT molecular complexity index is 270. The summed E-state index contributed by atoms with van der Waals surface area (Å²) in [7, 11) is -3.21. The topological polar surface area (TPSA) is 43.4 Å². The van der Waals surface area contributed by atoms with Gasteiger partial charge in [-0.1, -0.05) is 12.8 Å². The fourth-order valence-electron chi connectivity index (χ4n) is 2.26. The molecule has 0 aromatic rings. The van der Waals surface area contributed by atoms with Gasteiger partial charge in [-0.05, 0) is 19.8 Å². The molecule has 0 radical (unpaired) electrons. The normalized spacial score (nSPS) is 45.6. The summed E-state index contributed by atoms with van der Waals surface area (Å²) >= 11 is 0. The van der Waals surface area contributed by atoms with E-state index in [0.29, 0.717) is 0 Å². The third kappa shape index (κ3) is 1.17. The fourth-order valence-corrected chi connectivity index (χ4v) is 3.75. The summed E-state index contributed by atoms with van der Waals surface area (Å²) in [6.45, 7) is 1.77. The summed E-state index contributed by atoms with van der Waals surface area (Å²) in [4.78, 5) is 0. The second-order valence-electron chi connectivity index (χ2n) is 3.78. The molecule has 0 aromatic heterocycles. The second-order valence-corrected chi connectivity index (χ2v) is 5.70. The van der Waals surface area contributed by atoms with Crippen LogP contribution in [0.25, 0.3) is 0 Å². The maximum Gasteiger partial charge on any atom is 0.270 e. The van der Waals surface area contributed by atoms with E-state index in [9.17, 15) is 8.42 Å². The molecule has 4 heteroatoms. The standard InChI is InChI=1S/C8H14O3S/c1-6-7-4-2-3-5-8(7)11-12(6,9)10/h6-8H,2-5H2,1H3. The van der Waals surface area contributed by atoms with Crippen LogP contribution in [0.15, 0.2) is 0 Å². The zero-order valence-electron chi connectivity index (χ0n) is 7.19. The highest BCUT2D eigenvalue weighted by molar-refractivity contribution is 7.87. The third-order valence-corrected chi connectivity index (χ3v) is 4.85. The third-order valence-electron chi connectivity index (χ3n) is 3.07. The minimum atomic E-state index is -3.21. The van der Waals surface area contributed by atoms with Crippen molar-refractivity contribution in [2.24, 2.45) is 5.92 Å². The summed E-state index contributed by atoms with van der Waals surface area (Å²) in [6.07, 6.45) is 4.21. The van der Waals surface area contributed by atoms with Crippen molar-refractivity contribution in [3.8, 4) is 0 Å². The molecule has 1 heterocycles. The van der Waals surface area contributed by atoms with Crippen molar-refractivity contribution in [1.82, 2.24) is 0 Å². The molecule has 2 fully saturated rings. The highest BCUT2D eigenvalue weighted by Crippen LogP contribution is 2.39. The zero-order valence-corrected chi connectivity index (χ0v) is 8.01. The van der Waals surface area contributed by atoms with Crippen molar-refractivity contribution in [3.63, 3.8) is 0 Å². The number of rotatable bonds is 0. The van der Waals surface area contributed by atoms with Gasteiger partial charge in [0.25, 0.3) is 10.1 Å². The number of hydrogen-bond acceptors (Lipinski definition) is 3. The molecule has 1 saturated carbocycles. The van der Waals surface area contributed by atoms with Gasteiger partial charge in [0, 0.05) is 5.92 Å². The van der Waals surface area contributed by atoms with Crippen LogP contribution < -0.4 is 0 Å². The van der Waals surface area contributed by atoms with Crippen molar-refractivity contribution >= 4 is 10.1 Å². The van der Waals surface area contributed by atoms with Crippen LogP contribution in [0.1, 0.15) is 32.6 Å². The molecule has 0 spiro atoms. The first-order valence-corrected chi connectivity index (χ1v) is 6.00. The first kappa shape index (κ1) is 8.51. The minimum Gasteiger partial charge on any atom is -0.266 e. The molecule has 0 bridgehead atoms. The molecular formula is C8H14O3S. The summed E-state index contributed by atoms with van der Waals surface area (Å²) < 4.78 is 27.6. The predicted molar refractivity (Wildman–Crippen MR) is 45.2 cm³/mol. The van der Waals surface area contributed by atoms with Gasteiger partial charge in [-0.25, -0.2) is 0 Å². The Morgan fingerprint density at radius 3 is 2.58 bits per heavy atom. The lowest BCUT2D eigenvalue weighted by atomic mass is 9.85. The fraction of sp³-hybridized carbons (Fsp3) is 1.00. The molecule has 1 saturated heterocycles. The number of fused-ring (bicyclic) bond motifs is 1. The van der Waals surface area contributed by atoms with Gasteiger partial charge in [0.05, 0.1) is 11.4 Å². The molecule has 0 aromatic carbocycles. The molecule has 3 atom stereocenters. The Hall–Kier alpha value is -0.0900. The van der Waals surface area contributed by atoms with E-state index in [1.165, 1.54) is 0 Å². The van der Waals surface area contributed by atoms with Crippen LogP contribution in [0.5, 0.6) is 0 Å². The Labute approximate surface area is 73.2 Å². The van der Waals surface area contributed by atoms with Gasteiger partial charge in [-0.3, -0.25) is 4.18 Å². The van der Waals surface area contributed by atoms with Crippen molar-refractivity contribution in [3.05, 3.63) is 0 Å². The second kappa shape index (κ2) is 2.70. The Morgan fingerprint density at radius 2 is 1.92 bits per heavy atom. The molecule has 70 valence electrons. The maximum absolute atomic E-state index is 11.3. The Balaban J connectivity index is 2.25. The first-order valence-electron chi connectivity index (χ1n) is 4.53. The molecule has 2 rings (SSSR count). The Kier molecular flexibility index (Phi) is 1.92. The molecule has 3 nitrogen and oxygen atoms in total. The first-order chi connectivity index (χ1) is 5.61. The van der Waals surface area contributed by atoms with E-state index in [4.69, 9.17) is 4.18 Å². The van der Waals surface area contributed by atoms with E-state index >= 15 is 0 Å². The zero-order chi connectivity index (χ0) is 8.77. The van der Waals surface area contributed by atoms with Crippen LogP contribution in [-0.4, -0.2) is 19.8 Å². The van der Waals surface area contributed by atoms with E-state index in [1.54, 1.807) is 6.92 Å². The van der Waals surface area contributed by atoms with E-state index < -0.39 is 10.1 Å². The smallest absolute Gasteiger partial charge is 0.266 e. The SMILES string of the molecule is CC1C2CCCCC2OS1(=O)=O. The van der Waals surface area contributed by atoms with Crippen LogP contribution in [0, 0.1) is 5.92 Å². The Morgan fingerprint density at radius 1 is 1.25 bits per heavy atom. The maximum atomic E-state index is 11.3. The van der Waals surface area contributed by atoms with Crippen LogP contribution in [0.3, 0.4) is 0 Å². The average Bonchev–Trinajstić information content (AvgIpc) is 2.24. The summed E-state index contributed by atoms with van der Waals surface area (Å²) in [5.74, 6) is 0.267. The minimum absolute atomic E-state index is 0.00116. The van der Waals surface area contributed by atoms with Gasteiger partial charge in [0.1, 0.15) is 0 Å².